The summed E-state index contributed by atoms with van der Waals surface area (Å²) in [5.41, 5.74) is -0.202. The first kappa shape index (κ1) is 34.7. The van der Waals surface area contributed by atoms with Crippen LogP contribution in [0, 0.1) is 0 Å². The smallest absolute Gasteiger partial charge is 0.543 e. The van der Waals surface area contributed by atoms with Gasteiger partial charge in [-0.2, -0.15) is 0 Å². The second-order valence-corrected chi connectivity index (χ2v) is 11.6. The molecule has 2 aromatic heterocycles. The monoisotopic (exact) mass is 675 g/mol. The molecule has 17 nitrogen and oxygen atoms in total. The number of carbonyl (C=O) groups excluding carboxylic acids is 4. The number of β-lactam (4-membered cyclic amide) rings is 1. The molecule has 0 bridgehead atoms. The fourth-order valence-electron chi connectivity index (χ4n) is 4.49. The first-order chi connectivity index (χ1) is 21.7. The molecule has 1 aromatic carbocycles. The first-order valence-electron chi connectivity index (χ1n) is 13.3. The molecule has 2 aliphatic rings. The summed E-state index contributed by atoms with van der Waals surface area (Å²) in [5.74, 6) is -2.23. The van der Waals surface area contributed by atoms with Crippen LogP contribution in [-0.4, -0.2) is 88.4 Å². The third-order valence-corrected chi connectivity index (χ3v) is 9.06. The molecule has 3 atom stereocenters. The van der Waals surface area contributed by atoms with Crippen molar-refractivity contribution in [2.24, 2.45) is 7.05 Å². The number of anilines is 2. The maximum atomic E-state index is 13.5. The molecule has 1 unspecified atom stereocenters. The normalized spacial score (nSPS) is 17.5. The molecule has 5 rings (SSSR count). The minimum absolute atomic E-state index is 0. The summed E-state index contributed by atoms with van der Waals surface area (Å²) in [6.07, 6.45) is 2.73. The van der Waals surface area contributed by atoms with Crippen molar-refractivity contribution >= 4 is 59.0 Å². The molecule has 4 heterocycles. The molecule has 234 valence electrons. The van der Waals surface area contributed by atoms with E-state index in [0.717, 1.165) is 11.1 Å². The zero-order valence-electron chi connectivity index (χ0n) is 24.6. The number of carboxylic acids is 1. The summed E-state index contributed by atoms with van der Waals surface area (Å²) in [4.78, 5) is 71.7. The van der Waals surface area contributed by atoms with Gasteiger partial charge in [0.2, 0.25) is 17.0 Å². The second-order valence-electron chi connectivity index (χ2n) is 9.60. The average molecular weight is 676 g/mol. The number of urea groups is 1. The number of nitrogens with one attached hydrogen (secondary N) is 5. The molecule has 4 amide bonds. The number of H-pyrrole nitrogens is 1. The van der Waals surface area contributed by atoms with Crippen LogP contribution in [0.3, 0.4) is 0 Å². The van der Waals surface area contributed by atoms with Crippen molar-refractivity contribution < 1.29 is 53.8 Å². The Hall–Kier alpha value is -4.17. The summed E-state index contributed by atoms with van der Waals surface area (Å²) in [5, 5.41) is 33.4. The van der Waals surface area contributed by atoms with Crippen LogP contribution in [0.4, 0.5) is 16.4 Å². The summed E-state index contributed by atoms with van der Waals surface area (Å²) < 4.78 is 1.44. The van der Waals surface area contributed by atoms with Crippen molar-refractivity contribution in [1.29, 1.82) is 0 Å². The summed E-state index contributed by atoms with van der Waals surface area (Å²) >= 11 is 2.49. The number of thioether (sulfide) groups is 2. The SMILES string of the molecule is C=CCNc1ncc(NC(=O)N[C@@H](C(=O)NC2C(=O)N3C(C(=O)[O-])=C(CSc4nnnn4C)CS[C@H]23)c2ccccc2)c(=O)[nH]1.[Na+]. The largest absolute Gasteiger partial charge is 1.00 e. The topological polar surface area (TPSA) is 232 Å². The predicted molar refractivity (Wildman–Crippen MR) is 161 cm³/mol. The third kappa shape index (κ3) is 7.61. The Labute approximate surface area is 291 Å². The molecule has 3 aromatic rings. The van der Waals surface area contributed by atoms with E-state index in [1.807, 2.05) is 0 Å². The Balaban J connectivity index is 0.00000480. The van der Waals surface area contributed by atoms with Gasteiger partial charge >= 0.3 is 35.6 Å². The minimum Gasteiger partial charge on any atom is -0.543 e. The number of rotatable bonds is 12. The van der Waals surface area contributed by atoms with Gasteiger partial charge in [-0.25, -0.2) is 14.5 Å². The van der Waals surface area contributed by atoms with Gasteiger partial charge < -0.3 is 31.2 Å². The van der Waals surface area contributed by atoms with Crippen LogP contribution < -0.4 is 61.5 Å². The van der Waals surface area contributed by atoms with Gasteiger partial charge in [-0.3, -0.25) is 24.3 Å². The number of benzene rings is 1. The number of carboxylic acid groups (broad SMARTS) is 1. The molecule has 0 spiro atoms. The molecule has 1 fully saturated rings. The molecular formula is C26H26N11NaO6S2. The van der Waals surface area contributed by atoms with Crippen molar-refractivity contribution in [2.75, 3.05) is 28.7 Å². The Kier molecular flexibility index (Phi) is 11.6. The van der Waals surface area contributed by atoms with E-state index in [4.69, 9.17) is 0 Å². The quantitative estimate of drug-likeness (QED) is 0.0533. The van der Waals surface area contributed by atoms with E-state index in [9.17, 15) is 29.1 Å². The van der Waals surface area contributed by atoms with Gasteiger partial charge in [0.1, 0.15) is 23.1 Å². The molecule has 5 N–H and O–H groups in total. The number of amides is 4. The number of aromatic nitrogens is 6. The van der Waals surface area contributed by atoms with Gasteiger partial charge in [0.25, 0.3) is 11.5 Å². The van der Waals surface area contributed by atoms with Gasteiger partial charge in [0.15, 0.2) is 0 Å². The van der Waals surface area contributed by atoms with Crippen molar-refractivity contribution in [3.05, 3.63) is 76.4 Å². The van der Waals surface area contributed by atoms with E-state index in [-0.39, 0.29) is 58.4 Å². The molecule has 0 radical (unpaired) electrons. The van der Waals surface area contributed by atoms with Crippen LogP contribution >= 0.6 is 23.5 Å². The summed E-state index contributed by atoms with van der Waals surface area (Å²) in [6, 6.07) is 5.06. The van der Waals surface area contributed by atoms with Crippen LogP contribution in [0.1, 0.15) is 11.6 Å². The molecule has 1 saturated heterocycles. The van der Waals surface area contributed by atoms with Crippen molar-refractivity contribution in [1.82, 2.24) is 45.7 Å². The molecule has 0 aliphatic carbocycles. The number of aliphatic carboxylic acids is 1. The van der Waals surface area contributed by atoms with Crippen molar-refractivity contribution in [3.8, 4) is 0 Å². The Morgan fingerprint density at radius 3 is 2.67 bits per heavy atom. The van der Waals surface area contributed by atoms with E-state index in [2.05, 4.69) is 53.3 Å². The fraction of sp³-hybridized carbons (Fsp3) is 0.269. The van der Waals surface area contributed by atoms with Crippen LogP contribution in [0.2, 0.25) is 0 Å². The maximum Gasteiger partial charge on any atom is 1.00 e. The van der Waals surface area contributed by atoms with Crippen molar-refractivity contribution in [2.45, 2.75) is 22.6 Å². The fourth-order valence-corrected chi connectivity index (χ4v) is 6.83. The van der Waals surface area contributed by atoms with Crippen molar-refractivity contribution in [3.63, 3.8) is 0 Å². The van der Waals surface area contributed by atoms with Crippen LogP contribution in [-0.2, 0) is 21.4 Å². The minimum atomic E-state index is -1.51. The molecular weight excluding hydrogens is 649 g/mol. The zero-order chi connectivity index (χ0) is 32.1. The number of tetrazole rings is 1. The number of nitrogens with zero attached hydrogens (tertiary/aromatic N) is 6. The molecule has 2 aliphatic heterocycles. The Morgan fingerprint density at radius 2 is 2.02 bits per heavy atom. The summed E-state index contributed by atoms with van der Waals surface area (Å²) in [6.45, 7) is 3.92. The van der Waals surface area contributed by atoms with E-state index < -0.39 is 46.8 Å². The van der Waals surface area contributed by atoms with Gasteiger partial charge in [-0.05, 0) is 21.6 Å². The van der Waals surface area contributed by atoms with Gasteiger partial charge in [0.05, 0.1) is 17.9 Å². The Bertz CT molecular complexity index is 1730. The third-order valence-electron chi connectivity index (χ3n) is 6.63. The average Bonchev–Trinajstić information content (AvgIpc) is 3.45. The predicted octanol–water partition coefficient (Wildman–Crippen LogP) is -4.05. The van der Waals surface area contributed by atoms with Crippen LogP contribution in [0.15, 0.2) is 70.4 Å². The van der Waals surface area contributed by atoms with Gasteiger partial charge in [0, 0.05) is 25.1 Å². The van der Waals surface area contributed by atoms with Gasteiger partial charge in [-0.15, -0.1) is 23.4 Å². The van der Waals surface area contributed by atoms with Crippen LogP contribution in [0.25, 0.3) is 0 Å². The molecule has 46 heavy (non-hydrogen) atoms. The van der Waals surface area contributed by atoms with E-state index in [1.54, 1.807) is 43.5 Å². The number of aromatic amines is 1. The number of aryl methyl sites for hydroxylation is 1. The summed E-state index contributed by atoms with van der Waals surface area (Å²) in [7, 11) is 1.65. The van der Waals surface area contributed by atoms with Gasteiger partial charge in [-0.1, -0.05) is 48.2 Å². The number of hydrogen-bond acceptors (Lipinski definition) is 13. The van der Waals surface area contributed by atoms with E-state index in [1.165, 1.54) is 28.2 Å². The standard InChI is InChI=1S/C26H27N11O6S2.Na/c1-3-9-27-24-28-10-15(19(38)32-24)29-25(43)31-16(13-7-5-4-6-8-13)20(39)30-17-21(40)37-18(23(41)42)14(11-44-22(17)37)12-45-26-33-34-35-36(26)2;/h3-8,10,16-17,22H,1,9,11-12H2,2H3,(H,30,39)(H,41,42)(H2,29,31,43)(H2,27,28,32,38);/q;+1/p-1/t16-,17?,22-;/m1./s1. The van der Waals surface area contributed by atoms with E-state index in [0.29, 0.717) is 22.8 Å². The maximum absolute atomic E-state index is 13.5. The zero-order valence-corrected chi connectivity index (χ0v) is 28.2. The van der Waals surface area contributed by atoms with E-state index >= 15 is 0 Å². The number of carbonyl (C=O) groups is 4. The molecule has 0 saturated carbocycles. The molecule has 20 heteroatoms. The first-order valence-corrected chi connectivity index (χ1v) is 15.3. The number of hydrogen-bond donors (Lipinski definition) is 5. The number of fused-ring (bicyclic) bond motifs is 1. The Morgan fingerprint density at radius 1 is 1.26 bits per heavy atom. The van der Waals surface area contributed by atoms with Crippen LogP contribution in [0.5, 0.6) is 0 Å². The second kappa shape index (κ2) is 15.4.